The lowest BCUT2D eigenvalue weighted by molar-refractivity contribution is 0.823. The van der Waals surface area contributed by atoms with Crippen LogP contribution in [0.4, 0.5) is 17.5 Å². The number of nitrogens with one attached hydrogen (secondary N) is 2. The summed E-state index contributed by atoms with van der Waals surface area (Å²) in [6.45, 7) is 3.38. The van der Waals surface area contributed by atoms with Gasteiger partial charge in [0.1, 0.15) is 6.33 Å². The largest absolute Gasteiger partial charge is 0.364 e. The van der Waals surface area contributed by atoms with E-state index in [-0.39, 0.29) is 0 Å². The molecule has 0 saturated heterocycles. The van der Waals surface area contributed by atoms with Gasteiger partial charge in [-0.3, -0.25) is 4.57 Å². The maximum absolute atomic E-state index is 5.03. The zero-order chi connectivity index (χ0) is 25.7. The zero-order valence-corrected chi connectivity index (χ0v) is 21.2. The van der Waals surface area contributed by atoms with Crippen molar-refractivity contribution in [1.29, 1.82) is 0 Å². The number of hydrogen-bond donors (Lipinski definition) is 2. The van der Waals surface area contributed by atoms with Gasteiger partial charge in [-0.05, 0) is 29.7 Å². The van der Waals surface area contributed by atoms with Crippen LogP contribution >= 0.6 is 0 Å². The predicted molar refractivity (Wildman–Crippen MR) is 155 cm³/mol. The Kier molecular flexibility index (Phi) is 6.51. The number of nitrogens with zero attached hydrogens (tertiary/aromatic N) is 4. The number of anilines is 3. The molecule has 0 bridgehead atoms. The molecule has 6 heteroatoms. The zero-order valence-electron chi connectivity index (χ0n) is 21.2. The van der Waals surface area contributed by atoms with Crippen molar-refractivity contribution in [3.8, 4) is 11.1 Å². The first-order valence-electron chi connectivity index (χ1n) is 12.7. The van der Waals surface area contributed by atoms with Gasteiger partial charge in [-0.1, -0.05) is 109 Å². The average molecular weight is 497 g/mol. The second-order valence-corrected chi connectivity index (χ2v) is 9.28. The average Bonchev–Trinajstić information content (AvgIpc) is 3.31. The molecule has 0 unspecified atom stereocenters. The van der Waals surface area contributed by atoms with Gasteiger partial charge in [0.05, 0.1) is 6.54 Å². The monoisotopic (exact) mass is 496 g/mol. The van der Waals surface area contributed by atoms with Gasteiger partial charge in [0.25, 0.3) is 0 Å². The van der Waals surface area contributed by atoms with Crippen molar-refractivity contribution in [2.45, 2.75) is 20.0 Å². The van der Waals surface area contributed by atoms with Crippen LogP contribution in [0.15, 0.2) is 116 Å². The topological polar surface area (TPSA) is 67.7 Å². The number of aryl methyl sites for hydroxylation is 1. The van der Waals surface area contributed by atoms with Crippen LogP contribution in [0.3, 0.4) is 0 Å². The Labute approximate surface area is 222 Å². The third-order valence-corrected chi connectivity index (χ3v) is 6.55. The molecule has 0 saturated carbocycles. The van der Waals surface area contributed by atoms with Crippen molar-refractivity contribution in [3.05, 3.63) is 132 Å². The maximum atomic E-state index is 5.03. The Hall–Kier alpha value is -4.97. The van der Waals surface area contributed by atoms with Crippen LogP contribution in [0.25, 0.3) is 22.3 Å². The van der Waals surface area contributed by atoms with E-state index in [0.717, 1.165) is 28.0 Å². The number of fused-ring (bicyclic) bond motifs is 1. The lowest BCUT2D eigenvalue weighted by atomic mass is 10.0. The van der Waals surface area contributed by atoms with Crippen molar-refractivity contribution in [1.82, 2.24) is 19.5 Å². The predicted octanol–water partition coefficient (Wildman–Crippen LogP) is 7.21. The molecule has 6 rings (SSSR count). The molecule has 0 aliphatic carbocycles. The minimum absolute atomic E-state index is 0.627. The lowest BCUT2D eigenvalue weighted by Gasteiger charge is -2.14. The number of aromatic nitrogens is 4. The van der Waals surface area contributed by atoms with Crippen LogP contribution in [0.2, 0.25) is 0 Å². The van der Waals surface area contributed by atoms with E-state index in [2.05, 4.69) is 111 Å². The first-order chi connectivity index (χ1) is 18.7. The Balaban J connectivity index is 1.42. The van der Waals surface area contributed by atoms with Crippen molar-refractivity contribution in [2.75, 3.05) is 10.6 Å². The molecule has 186 valence electrons. The van der Waals surface area contributed by atoms with Gasteiger partial charge in [0.15, 0.2) is 17.0 Å². The van der Waals surface area contributed by atoms with Crippen LogP contribution in [-0.2, 0) is 13.1 Å². The molecule has 4 aromatic carbocycles. The quantitative estimate of drug-likeness (QED) is 0.233. The Bertz CT molecular complexity index is 1660. The summed E-state index contributed by atoms with van der Waals surface area (Å²) >= 11 is 0. The van der Waals surface area contributed by atoms with Crippen molar-refractivity contribution >= 4 is 28.6 Å². The van der Waals surface area contributed by atoms with Gasteiger partial charge >= 0.3 is 0 Å². The summed E-state index contributed by atoms with van der Waals surface area (Å²) in [6.07, 6.45) is 1.60. The van der Waals surface area contributed by atoms with Crippen LogP contribution < -0.4 is 10.6 Å². The molecule has 2 heterocycles. The van der Waals surface area contributed by atoms with E-state index >= 15 is 0 Å². The van der Waals surface area contributed by atoms with Crippen molar-refractivity contribution in [3.63, 3.8) is 0 Å². The summed E-state index contributed by atoms with van der Waals surface area (Å²) in [4.78, 5) is 14.2. The summed E-state index contributed by atoms with van der Waals surface area (Å²) in [5, 5.41) is 7.08. The number of para-hydroxylation sites is 1. The highest BCUT2D eigenvalue weighted by Crippen LogP contribution is 2.32. The molecule has 0 atom stereocenters. The summed E-state index contributed by atoms with van der Waals surface area (Å²) in [7, 11) is 0. The Morgan fingerprint density at radius 1 is 0.711 bits per heavy atom. The van der Waals surface area contributed by atoms with E-state index < -0.39 is 0 Å². The smallest absolute Gasteiger partial charge is 0.210 e. The first kappa shape index (κ1) is 23.4. The maximum Gasteiger partial charge on any atom is 0.210 e. The summed E-state index contributed by atoms with van der Waals surface area (Å²) < 4.78 is 2.12. The van der Waals surface area contributed by atoms with Gasteiger partial charge < -0.3 is 10.6 Å². The van der Waals surface area contributed by atoms with E-state index in [1.54, 1.807) is 6.33 Å². The van der Waals surface area contributed by atoms with Gasteiger partial charge in [-0.25, -0.2) is 15.0 Å². The minimum Gasteiger partial charge on any atom is -0.364 e. The number of imidazole rings is 1. The van der Waals surface area contributed by atoms with Gasteiger partial charge in [-0.15, -0.1) is 0 Å². The molecule has 6 nitrogen and oxygen atoms in total. The lowest BCUT2D eigenvalue weighted by Crippen LogP contribution is -2.07. The van der Waals surface area contributed by atoms with Gasteiger partial charge in [0.2, 0.25) is 5.95 Å². The number of benzene rings is 4. The number of rotatable bonds is 8. The van der Waals surface area contributed by atoms with Crippen LogP contribution in [0, 0.1) is 6.92 Å². The molecule has 0 aliphatic heterocycles. The Morgan fingerprint density at radius 2 is 1.42 bits per heavy atom. The first-order valence-corrected chi connectivity index (χ1v) is 12.7. The molecule has 2 N–H and O–H groups in total. The number of hydrogen-bond acceptors (Lipinski definition) is 5. The Morgan fingerprint density at radius 3 is 2.21 bits per heavy atom. The van der Waals surface area contributed by atoms with Crippen molar-refractivity contribution < 1.29 is 0 Å². The van der Waals surface area contributed by atoms with E-state index in [0.29, 0.717) is 24.9 Å². The van der Waals surface area contributed by atoms with Crippen LogP contribution in [0.5, 0.6) is 0 Å². The van der Waals surface area contributed by atoms with E-state index in [4.69, 9.17) is 4.98 Å². The van der Waals surface area contributed by atoms with Crippen molar-refractivity contribution in [2.24, 2.45) is 0 Å². The van der Waals surface area contributed by atoms with E-state index in [1.807, 2.05) is 30.3 Å². The fourth-order valence-corrected chi connectivity index (χ4v) is 4.55. The second-order valence-electron chi connectivity index (χ2n) is 9.28. The SMILES string of the molecule is Cc1ccc(Cn2c(Nc3ccccc3-c3ccccc3)nc3c(NCc4ccccc4)ncnc32)cc1. The van der Waals surface area contributed by atoms with E-state index in [1.165, 1.54) is 16.7 Å². The second kappa shape index (κ2) is 10.6. The van der Waals surface area contributed by atoms with Gasteiger partial charge in [-0.2, -0.15) is 0 Å². The molecule has 0 fully saturated rings. The standard InChI is InChI=1S/C32H28N6/c1-23-16-18-25(19-17-23)21-38-31-29(30(34-22-35-31)33-20-24-10-4-2-5-11-24)37-32(38)36-28-15-9-8-14-27(28)26-12-6-3-7-13-26/h2-19,22H,20-21H2,1H3,(H,36,37)(H,33,34,35). The summed E-state index contributed by atoms with van der Waals surface area (Å²) in [5.74, 6) is 1.42. The third kappa shape index (κ3) is 4.97. The summed E-state index contributed by atoms with van der Waals surface area (Å²) in [6, 6.07) is 37.5. The molecule has 38 heavy (non-hydrogen) atoms. The molecular weight excluding hydrogens is 468 g/mol. The molecule has 0 radical (unpaired) electrons. The normalized spacial score (nSPS) is 11.0. The van der Waals surface area contributed by atoms with Crippen LogP contribution in [-0.4, -0.2) is 19.5 Å². The fourth-order valence-electron chi connectivity index (χ4n) is 4.55. The third-order valence-electron chi connectivity index (χ3n) is 6.55. The highest BCUT2D eigenvalue weighted by atomic mass is 15.3. The fraction of sp³-hybridized carbons (Fsp3) is 0.0938. The highest BCUT2D eigenvalue weighted by Gasteiger charge is 2.18. The molecule has 0 aliphatic rings. The molecule has 6 aromatic rings. The molecule has 2 aromatic heterocycles. The highest BCUT2D eigenvalue weighted by molar-refractivity contribution is 5.87. The molecule has 0 spiro atoms. The minimum atomic E-state index is 0.627. The van der Waals surface area contributed by atoms with Crippen LogP contribution in [0.1, 0.15) is 16.7 Å². The van der Waals surface area contributed by atoms with E-state index in [9.17, 15) is 0 Å². The molecule has 0 amide bonds. The molecular formula is C32H28N6. The summed E-state index contributed by atoms with van der Waals surface area (Å²) in [5.41, 5.74) is 8.31. The van der Waals surface area contributed by atoms with Gasteiger partial charge in [0, 0.05) is 17.8 Å².